The van der Waals surface area contributed by atoms with Gasteiger partial charge in [-0.15, -0.1) is 5.10 Å². The van der Waals surface area contributed by atoms with Gasteiger partial charge in [-0.25, -0.2) is 23.1 Å². The zero-order valence-electron chi connectivity index (χ0n) is 17.0. The second-order valence-corrected chi connectivity index (χ2v) is 8.62. The van der Waals surface area contributed by atoms with Gasteiger partial charge in [0.15, 0.2) is 28.5 Å². The summed E-state index contributed by atoms with van der Waals surface area (Å²) >= 11 is 0. The molecule has 0 bridgehead atoms. The second kappa shape index (κ2) is 8.03. The van der Waals surface area contributed by atoms with Crippen molar-refractivity contribution in [3.05, 3.63) is 24.5 Å². The molecule has 1 aromatic carbocycles. The molecule has 1 fully saturated rings. The standard InChI is InChI=1S/C18H23N7O4S/c1-4-25-18-16(21-22-25)17(19-12-20-18)23-7-9-24(10-8-23)30(26,27)13-5-6-14(28-2)15(11-13)29-3/h5-6,11-12H,4,7-10H2,1-3H3. The Kier molecular flexibility index (Phi) is 5.43. The summed E-state index contributed by atoms with van der Waals surface area (Å²) in [5, 5.41) is 8.31. The predicted octanol–water partition coefficient (Wildman–Crippen LogP) is 0.769. The van der Waals surface area contributed by atoms with Crippen molar-refractivity contribution in [3.63, 3.8) is 0 Å². The third-order valence-corrected chi connectivity index (χ3v) is 7.01. The molecule has 0 saturated carbocycles. The minimum atomic E-state index is -3.66. The lowest BCUT2D eigenvalue weighted by molar-refractivity contribution is 0.353. The topological polar surface area (TPSA) is 116 Å². The van der Waals surface area contributed by atoms with Crippen molar-refractivity contribution in [2.45, 2.75) is 18.4 Å². The first-order chi connectivity index (χ1) is 14.5. The van der Waals surface area contributed by atoms with Crippen molar-refractivity contribution in [2.75, 3.05) is 45.3 Å². The summed E-state index contributed by atoms with van der Waals surface area (Å²) in [7, 11) is -0.677. The molecule has 30 heavy (non-hydrogen) atoms. The van der Waals surface area contributed by atoms with Gasteiger partial charge in [-0.2, -0.15) is 4.31 Å². The van der Waals surface area contributed by atoms with E-state index in [1.165, 1.54) is 37.0 Å². The number of sulfonamides is 1. The molecule has 0 amide bonds. The maximum absolute atomic E-state index is 13.1. The number of methoxy groups -OCH3 is 2. The van der Waals surface area contributed by atoms with E-state index in [-0.39, 0.29) is 4.90 Å². The molecule has 0 unspecified atom stereocenters. The van der Waals surface area contributed by atoms with E-state index in [2.05, 4.69) is 20.3 Å². The van der Waals surface area contributed by atoms with Crippen LogP contribution in [0.1, 0.15) is 6.92 Å². The Morgan fingerprint density at radius 1 is 1.03 bits per heavy atom. The number of benzene rings is 1. The lowest BCUT2D eigenvalue weighted by Gasteiger charge is -2.34. The van der Waals surface area contributed by atoms with Gasteiger partial charge in [-0.05, 0) is 19.1 Å². The third kappa shape index (κ3) is 3.41. The molecule has 1 aliphatic heterocycles. The molecule has 12 heteroatoms. The molecular weight excluding hydrogens is 410 g/mol. The van der Waals surface area contributed by atoms with Crippen LogP contribution < -0.4 is 14.4 Å². The fourth-order valence-electron chi connectivity index (χ4n) is 3.49. The van der Waals surface area contributed by atoms with Crippen molar-refractivity contribution in [1.29, 1.82) is 0 Å². The van der Waals surface area contributed by atoms with Crippen LogP contribution in [0.25, 0.3) is 11.2 Å². The van der Waals surface area contributed by atoms with Gasteiger partial charge in [-0.3, -0.25) is 0 Å². The van der Waals surface area contributed by atoms with Crippen LogP contribution in [0.5, 0.6) is 11.5 Å². The van der Waals surface area contributed by atoms with E-state index in [0.29, 0.717) is 61.2 Å². The van der Waals surface area contributed by atoms with Crippen molar-refractivity contribution in [2.24, 2.45) is 0 Å². The molecule has 0 aliphatic carbocycles. The van der Waals surface area contributed by atoms with Crippen LogP contribution >= 0.6 is 0 Å². The highest BCUT2D eigenvalue weighted by atomic mass is 32.2. The first-order valence-electron chi connectivity index (χ1n) is 9.51. The van der Waals surface area contributed by atoms with E-state index in [1.807, 2.05) is 11.8 Å². The van der Waals surface area contributed by atoms with Crippen LogP contribution in [-0.4, -0.2) is 78.1 Å². The van der Waals surface area contributed by atoms with Crippen LogP contribution in [-0.2, 0) is 16.6 Å². The molecule has 2 aromatic heterocycles. The van der Waals surface area contributed by atoms with E-state index in [4.69, 9.17) is 9.47 Å². The van der Waals surface area contributed by atoms with Crippen molar-refractivity contribution < 1.29 is 17.9 Å². The minimum absolute atomic E-state index is 0.170. The van der Waals surface area contributed by atoms with Crippen LogP contribution in [0.4, 0.5) is 5.82 Å². The van der Waals surface area contributed by atoms with Gasteiger partial charge in [0.05, 0.1) is 19.1 Å². The zero-order chi connectivity index (χ0) is 21.3. The molecule has 3 aromatic rings. The molecular formula is C18H23N7O4S. The number of nitrogens with zero attached hydrogens (tertiary/aromatic N) is 7. The number of fused-ring (bicyclic) bond motifs is 1. The lowest BCUT2D eigenvalue weighted by atomic mass is 10.3. The third-order valence-electron chi connectivity index (χ3n) is 5.11. The average molecular weight is 433 g/mol. The van der Waals surface area contributed by atoms with Crippen molar-refractivity contribution in [3.8, 4) is 11.5 Å². The lowest BCUT2D eigenvalue weighted by Crippen LogP contribution is -2.49. The van der Waals surface area contributed by atoms with E-state index in [1.54, 1.807) is 10.7 Å². The first kappa shape index (κ1) is 20.3. The number of hydrogen-bond acceptors (Lipinski definition) is 9. The Hall–Kier alpha value is -2.99. The molecule has 160 valence electrons. The van der Waals surface area contributed by atoms with Gasteiger partial charge in [0.25, 0.3) is 0 Å². The number of ether oxygens (including phenoxy) is 2. The molecule has 0 atom stereocenters. The second-order valence-electron chi connectivity index (χ2n) is 6.68. The van der Waals surface area contributed by atoms with Gasteiger partial charge in [-0.1, -0.05) is 5.21 Å². The Bertz CT molecular complexity index is 1160. The maximum atomic E-state index is 13.1. The number of aromatic nitrogens is 5. The molecule has 1 aliphatic rings. The van der Waals surface area contributed by atoms with Gasteiger partial charge in [0.1, 0.15) is 6.33 Å². The smallest absolute Gasteiger partial charge is 0.243 e. The molecule has 3 heterocycles. The minimum Gasteiger partial charge on any atom is -0.493 e. The first-order valence-corrected chi connectivity index (χ1v) is 10.9. The molecule has 0 spiro atoms. The maximum Gasteiger partial charge on any atom is 0.243 e. The van der Waals surface area contributed by atoms with Crippen LogP contribution in [0.15, 0.2) is 29.4 Å². The predicted molar refractivity (Wildman–Crippen MR) is 109 cm³/mol. The zero-order valence-corrected chi connectivity index (χ0v) is 17.8. The Labute approximate surface area is 174 Å². The van der Waals surface area contributed by atoms with Crippen LogP contribution in [0, 0.1) is 0 Å². The molecule has 0 radical (unpaired) electrons. The number of anilines is 1. The summed E-state index contributed by atoms with van der Waals surface area (Å²) in [5.41, 5.74) is 1.29. The summed E-state index contributed by atoms with van der Waals surface area (Å²) in [6.45, 7) is 4.24. The Morgan fingerprint density at radius 3 is 2.43 bits per heavy atom. The summed E-state index contributed by atoms with van der Waals surface area (Å²) in [6, 6.07) is 4.61. The fourth-order valence-corrected chi connectivity index (χ4v) is 4.93. The molecule has 4 rings (SSSR count). The average Bonchev–Trinajstić information content (AvgIpc) is 3.22. The van der Waals surface area contributed by atoms with Crippen LogP contribution in [0.3, 0.4) is 0 Å². The van der Waals surface area contributed by atoms with Gasteiger partial charge < -0.3 is 14.4 Å². The van der Waals surface area contributed by atoms with E-state index < -0.39 is 10.0 Å². The van der Waals surface area contributed by atoms with Crippen molar-refractivity contribution >= 4 is 27.0 Å². The molecule has 1 saturated heterocycles. The summed E-state index contributed by atoms with van der Waals surface area (Å²) in [5.74, 6) is 1.52. The number of aryl methyl sites for hydroxylation is 1. The highest BCUT2D eigenvalue weighted by molar-refractivity contribution is 7.89. The van der Waals surface area contributed by atoms with Gasteiger partial charge >= 0.3 is 0 Å². The molecule has 11 nitrogen and oxygen atoms in total. The summed E-state index contributed by atoms with van der Waals surface area (Å²) < 4.78 is 39.8. The normalized spacial score (nSPS) is 15.5. The monoisotopic (exact) mass is 433 g/mol. The quantitative estimate of drug-likeness (QED) is 0.556. The SMILES string of the molecule is CCn1nnc2c(N3CCN(S(=O)(=O)c4ccc(OC)c(OC)c4)CC3)ncnc21. The number of piperazine rings is 1. The van der Waals surface area contributed by atoms with Crippen LogP contribution in [0.2, 0.25) is 0 Å². The van der Waals surface area contributed by atoms with Gasteiger partial charge in [0, 0.05) is 38.8 Å². The van der Waals surface area contributed by atoms with E-state index in [9.17, 15) is 8.42 Å². The van der Waals surface area contributed by atoms with E-state index in [0.717, 1.165) is 0 Å². The Morgan fingerprint density at radius 2 is 1.77 bits per heavy atom. The Balaban J connectivity index is 1.54. The fraction of sp³-hybridized carbons (Fsp3) is 0.444. The number of hydrogen-bond donors (Lipinski definition) is 0. The van der Waals surface area contributed by atoms with Crippen molar-refractivity contribution in [1.82, 2.24) is 29.3 Å². The van der Waals surface area contributed by atoms with E-state index >= 15 is 0 Å². The highest BCUT2D eigenvalue weighted by Crippen LogP contribution is 2.31. The highest BCUT2D eigenvalue weighted by Gasteiger charge is 2.30. The summed E-state index contributed by atoms with van der Waals surface area (Å²) in [4.78, 5) is 10.8. The largest absolute Gasteiger partial charge is 0.493 e. The summed E-state index contributed by atoms with van der Waals surface area (Å²) in [6.07, 6.45) is 1.49. The number of rotatable bonds is 6. The van der Waals surface area contributed by atoms with Gasteiger partial charge in [0.2, 0.25) is 10.0 Å². The molecule has 0 N–H and O–H groups in total.